The summed E-state index contributed by atoms with van der Waals surface area (Å²) in [5, 5.41) is -0.00982. The van der Waals surface area contributed by atoms with Crippen molar-refractivity contribution in [2.24, 2.45) is 7.05 Å². The van der Waals surface area contributed by atoms with Crippen LogP contribution in [0.4, 0.5) is 5.69 Å². The zero-order valence-electron chi connectivity index (χ0n) is 15.0. The smallest absolute Gasteiger partial charge is 0.261 e. The van der Waals surface area contributed by atoms with E-state index in [0.717, 1.165) is 26.2 Å². The van der Waals surface area contributed by atoms with Gasteiger partial charge in [0.1, 0.15) is 5.15 Å². The third-order valence-corrected chi connectivity index (χ3v) is 6.63. The van der Waals surface area contributed by atoms with Gasteiger partial charge in [0.2, 0.25) is 5.03 Å². The van der Waals surface area contributed by atoms with E-state index in [1.807, 2.05) is 25.1 Å². The monoisotopic (exact) mass is 397 g/mol. The average molecular weight is 398 g/mol. The fourth-order valence-electron chi connectivity index (χ4n) is 3.06. The summed E-state index contributed by atoms with van der Waals surface area (Å²) in [6.07, 6.45) is 1.39. The van der Waals surface area contributed by atoms with Gasteiger partial charge in [-0.1, -0.05) is 29.8 Å². The summed E-state index contributed by atoms with van der Waals surface area (Å²) in [5.74, 6) is 0. The van der Waals surface area contributed by atoms with Gasteiger partial charge in [-0.15, -0.1) is 0 Å². The maximum atomic E-state index is 12.4. The van der Waals surface area contributed by atoms with Crippen LogP contribution in [0, 0.1) is 0 Å². The Labute approximate surface area is 159 Å². The summed E-state index contributed by atoms with van der Waals surface area (Å²) in [6, 6.07) is 10.4. The van der Waals surface area contributed by atoms with Crippen molar-refractivity contribution in [3.8, 4) is 0 Å². The molecular weight excluding hydrogens is 374 g/mol. The van der Waals surface area contributed by atoms with Gasteiger partial charge in [-0.05, 0) is 19.1 Å². The molecule has 3 rings (SSSR count). The van der Waals surface area contributed by atoms with Crippen LogP contribution in [0.5, 0.6) is 0 Å². The Morgan fingerprint density at radius 2 is 1.85 bits per heavy atom. The van der Waals surface area contributed by atoms with Gasteiger partial charge in [0, 0.05) is 51.5 Å². The summed E-state index contributed by atoms with van der Waals surface area (Å²) in [6.45, 7) is 5.98. The van der Waals surface area contributed by atoms with Crippen LogP contribution in [-0.2, 0) is 17.1 Å². The molecule has 0 spiro atoms. The number of rotatable bonds is 6. The third kappa shape index (κ3) is 4.20. The molecule has 0 radical (unpaired) electrons. The first-order valence-corrected chi connectivity index (χ1v) is 10.4. The van der Waals surface area contributed by atoms with E-state index in [2.05, 4.69) is 31.6 Å². The average Bonchev–Trinajstić information content (AvgIpc) is 3.00. The third-order valence-electron chi connectivity index (χ3n) is 4.72. The number of hydrogen-bond donors (Lipinski definition) is 1. The number of hydrogen-bond acceptors (Lipinski definition) is 5. The zero-order valence-corrected chi connectivity index (χ0v) is 16.5. The van der Waals surface area contributed by atoms with Crippen LogP contribution in [0.15, 0.2) is 41.7 Å². The van der Waals surface area contributed by atoms with Crippen LogP contribution >= 0.6 is 11.6 Å². The van der Waals surface area contributed by atoms with Crippen molar-refractivity contribution >= 4 is 27.3 Å². The summed E-state index contributed by atoms with van der Waals surface area (Å²) in [4.78, 5) is 8.52. The first-order chi connectivity index (χ1) is 12.4. The van der Waals surface area contributed by atoms with Crippen molar-refractivity contribution in [2.45, 2.75) is 18.0 Å². The number of anilines is 1. The van der Waals surface area contributed by atoms with Gasteiger partial charge in [0.05, 0.1) is 6.33 Å². The molecule has 1 aliphatic rings. The fraction of sp³-hybridized carbons (Fsp3) is 0.471. The normalized spacial score (nSPS) is 17.4. The Kier molecular flexibility index (Phi) is 5.86. The molecule has 2 heterocycles. The number of piperazine rings is 1. The molecule has 1 N–H and O–H groups in total. The highest BCUT2D eigenvalue weighted by Gasteiger charge is 2.25. The van der Waals surface area contributed by atoms with E-state index in [9.17, 15) is 8.42 Å². The van der Waals surface area contributed by atoms with Gasteiger partial charge in [-0.3, -0.25) is 4.90 Å². The number of nitrogens with one attached hydrogen (secondary N) is 1. The summed E-state index contributed by atoms with van der Waals surface area (Å²) < 4.78 is 28.9. The van der Waals surface area contributed by atoms with E-state index in [1.54, 1.807) is 7.05 Å². The van der Waals surface area contributed by atoms with Crippen LogP contribution in [-0.4, -0.2) is 61.6 Å². The van der Waals surface area contributed by atoms with Crippen molar-refractivity contribution < 1.29 is 8.42 Å². The highest BCUT2D eigenvalue weighted by atomic mass is 35.5. The molecule has 142 valence electrons. The minimum absolute atomic E-state index is 0.0881. The molecule has 1 aromatic heterocycles. The molecule has 1 aromatic carbocycles. The Balaban J connectivity index is 1.53. The topological polar surface area (TPSA) is 70.5 Å². The van der Waals surface area contributed by atoms with Gasteiger partial charge in [0.15, 0.2) is 0 Å². The molecule has 0 aliphatic carbocycles. The summed E-state index contributed by atoms with van der Waals surface area (Å²) >= 11 is 6.00. The van der Waals surface area contributed by atoms with E-state index in [-0.39, 0.29) is 16.2 Å². The minimum Gasteiger partial charge on any atom is -0.369 e. The maximum absolute atomic E-state index is 12.4. The number of sulfonamides is 1. The Hall–Kier alpha value is -1.61. The van der Waals surface area contributed by atoms with Gasteiger partial charge in [-0.2, -0.15) is 0 Å². The second-order valence-electron chi connectivity index (χ2n) is 6.51. The van der Waals surface area contributed by atoms with Gasteiger partial charge >= 0.3 is 0 Å². The number of benzene rings is 1. The molecule has 0 bridgehead atoms. The zero-order chi connectivity index (χ0) is 18.7. The fourth-order valence-corrected chi connectivity index (χ4v) is 4.61. The van der Waals surface area contributed by atoms with E-state index in [4.69, 9.17) is 11.6 Å². The maximum Gasteiger partial charge on any atom is 0.261 e. The summed E-state index contributed by atoms with van der Waals surface area (Å²) in [7, 11) is -2.05. The molecule has 0 amide bonds. The lowest BCUT2D eigenvalue weighted by atomic mass is 10.2. The number of imidazole rings is 1. The van der Waals surface area contributed by atoms with E-state index in [1.165, 1.54) is 16.6 Å². The lowest BCUT2D eigenvalue weighted by Gasteiger charge is -2.39. The van der Waals surface area contributed by atoms with Crippen molar-refractivity contribution in [3.63, 3.8) is 0 Å². The molecule has 26 heavy (non-hydrogen) atoms. The van der Waals surface area contributed by atoms with Crippen LogP contribution in [0.1, 0.15) is 6.92 Å². The first kappa shape index (κ1) is 19.2. The molecule has 2 aromatic rings. The van der Waals surface area contributed by atoms with Gasteiger partial charge in [-0.25, -0.2) is 18.1 Å². The van der Waals surface area contributed by atoms with Crippen molar-refractivity contribution in [1.29, 1.82) is 0 Å². The van der Waals surface area contributed by atoms with Crippen molar-refractivity contribution in [1.82, 2.24) is 19.2 Å². The van der Waals surface area contributed by atoms with E-state index in [0.29, 0.717) is 6.54 Å². The molecule has 7 nitrogen and oxygen atoms in total. The van der Waals surface area contributed by atoms with Crippen LogP contribution in [0.25, 0.3) is 0 Å². The number of nitrogens with zero attached hydrogens (tertiary/aromatic N) is 4. The lowest BCUT2D eigenvalue weighted by molar-refractivity contribution is 0.198. The number of halogens is 1. The van der Waals surface area contributed by atoms with Crippen LogP contribution in [0.2, 0.25) is 5.15 Å². The molecule has 1 unspecified atom stereocenters. The number of aryl methyl sites for hydroxylation is 1. The van der Waals surface area contributed by atoms with Crippen LogP contribution in [0.3, 0.4) is 0 Å². The Bertz CT molecular complexity index is 832. The van der Waals surface area contributed by atoms with E-state index < -0.39 is 10.0 Å². The van der Waals surface area contributed by atoms with Crippen molar-refractivity contribution in [3.05, 3.63) is 41.8 Å². The quantitative estimate of drug-likeness (QED) is 0.801. The van der Waals surface area contributed by atoms with Crippen molar-refractivity contribution in [2.75, 3.05) is 37.6 Å². The standard InChI is InChI=1S/C17H24ClN5O2S/c1-14(12-20-26(24,25)17-16(18)21(2)13-19-17)22-8-10-23(11-9-22)15-6-4-3-5-7-15/h3-7,13-14,20H,8-12H2,1-2H3. The predicted molar refractivity (Wildman–Crippen MR) is 103 cm³/mol. The molecule has 1 aliphatic heterocycles. The minimum atomic E-state index is -3.71. The summed E-state index contributed by atoms with van der Waals surface area (Å²) in [5.41, 5.74) is 1.23. The highest BCUT2D eigenvalue weighted by molar-refractivity contribution is 7.89. The highest BCUT2D eigenvalue weighted by Crippen LogP contribution is 2.19. The number of para-hydroxylation sites is 1. The molecular formula is C17H24ClN5O2S. The SMILES string of the molecule is CC(CNS(=O)(=O)c1ncn(C)c1Cl)N1CCN(c2ccccc2)CC1. The molecule has 1 saturated heterocycles. The molecule has 9 heteroatoms. The largest absolute Gasteiger partial charge is 0.369 e. The van der Waals surface area contributed by atoms with Gasteiger partial charge in [0.25, 0.3) is 10.0 Å². The number of aromatic nitrogens is 2. The second-order valence-corrected chi connectivity index (χ2v) is 8.55. The van der Waals surface area contributed by atoms with E-state index >= 15 is 0 Å². The lowest BCUT2D eigenvalue weighted by Crippen LogP contribution is -2.52. The van der Waals surface area contributed by atoms with Gasteiger partial charge < -0.3 is 9.47 Å². The van der Waals surface area contributed by atoms with Crippen LogP contribution < -0.4 is 9.62 Å². The Morgan fingerprint density at radius 1 is 1.19 bits per heavy atom. The molecule has 1 atom stereocenters. The second kappa shape index (κ2) is 7.96. The molecule has 0 saturated carbocycles. The first-order valence-electron chi connectivity index (χ1n) is 8.59. The predicted octanol–water partition coefficient (Wildman–Crippen LogP) is 1.56. The molecule has 1 fully saturated rings. The Morgan fingerprint density at radius 3 is 2.42 bits per heavy atom.